The van der Waals surface area contributed by atoms with Crippen molar-refractivity contribution in [3.05, 3.63) is 23.8 Å². The third kappa shape index (κ3) is 3.29. The lowest BCUT2D eigenvalue weighted by Crippen LogP contribution is -2.04. The molecule has 14 heavy (non-hydrogen) atoms. The van der Waals surface area contributed by atoms with Crippen LogP contribution in [-0.4, -0.2) is 6.54 Å². The van der Waals surface area contributed by atoms with Crippen LogP contribution in [0.15, 0.2) is 18.2 Å². The molecule has 0 bridgehead atoms. The molecule has 1 rings (SSSR count). The molecular formula is C12H20N2. The summed E-state index contributed by atoms with van der Waals surface area (Å²) in [5.41, 5.74) is 8.99. The van der Waals surface area contributed by atoms with Crippen molar-refractivity contribution < 1.29 is 0 Å². The van der Waals surface area contributed by atoms with Crippen molar-refractivity contribution in [3.8, 4) is 0 Å². The summed E-state index contributed by atoms with van der Waals surface area (Å²) in [6.45, 7) is 5.28. The Labute approximate surface area is 86.5 Å². The molecule has 0 fully saturated rings. The van der Waals surface area contributed by atoms with Crippen molar-refractivity contribution in [2.45, 2.75) is 33.1 Å². The van der Waals surface area contributed by atoms with Gasteiger partial charge in [-0.25, -0.2) is 0 Å². The van der Waals surface area contributed by atoms with E-state index in [4.69, 9.17) is 5.73 Å². The average Bonchev–Trinajstić information content (AvgIpc) is 2.15. The van der Waals surface area contributed by atoms with Gasteiger partial charge in [-0.1, -0.05) is 25.8 Å². The molecule has 78 valence electrons. The van der Waals surface area contributed by atoms with Crippen LogP contribution in [0.3, 0.4) is 0 Å². The maximum Gasteiger partial charge on any atom is 0.0574 e. The molecule has 0 spiro atoms. The monoisotopic (exact) mass is 192 g/mol. The van der Waals surface area contributed by atoms with Crippen LogP contribution in [0.25, 0.3) is 0 Å². The fourth-order valence-electron chi connectivity index (χ4n) is 1.44. The average molecular weight is 192 g/mol. The van der Waals surface area contributed by atoms with Gasteiger partial charge in [0.15, 0.2) is 0 Å². The van der Waals surface area contributed by atoms with Crippen LogP contribution in [0.4, 0.5) is 11.4 Å². The summed E-state index contributed by atoms with van der Waals surface area (Å²) in [7, 11) is 0. The molecule has 0 aliphatic carbocycles. The molecule has 0 unspecified atom stereocenters. The van der Waals surface area contributed by atoms with Crippen LogP contribution in [0.2, 0.25) is 0 Å². The zero-order chi connectivity index (χ0) is 10.4. The first-order chi connectivity index (χ1) is 6.74. The second kappa shape index (κ2) is 5.53. The van der Waals surface area contributed by atoms with Crippen LogP contribution in [0.5, 0.6) is 0 Å². The lowest BCUT2D eigenvalue weighted by atomic mass is 10.2. The quantitative estimate of drug-likeness (QED) is 0.555. The van der Waals surface area contributed by atoms with Crippen molar-refractivity contribution in [2.75, 3.05) is 17.6 Å². The Hall–Kier alpha value is -1.18. The predicted molar refractivity (Wildman–Crippen MR) is 63.6 cm³/mol. The van der Waals surface area contributed by atoms with E-state index in [-0.39, 0.29) is 0 Å². The Bertz CT molecular complexity index is 282. The van der Waals surface area contributed by atoms with E-state index >= 15 is 0 Å². The SMILES string of the molecule is CCCCCNc1ccc(C)cc1N. The highest BCUT2D eigenvalue weighted by Gasteiger charge is 1.97. The molecule has 0 aromatic heterocycles. The van der Waals surface area contributed by atoms with Gasteiger partial charge >= 0.3 is 0 Å². The number of nitrogen functional groups attached to an aromatic ring is 1. The second-order valence-electron chi connectivity index (χ2n) is 3.72. The van der Waals surface area contributed by atoms with Crippen LogP contribution in [0, 0.1) is 6.92 Å². The summed E-state index contributed by atoms with van der Waals surface area (Å²) in [6.07, 6.45) is 3.74. The summed E-state index contributed by atoms with van der Waals surface area (Å²) >= 11 is 0. The lowest BCUT2D eigenvalue weighted by Gasteiger charge is -2.09. The highest BCUT2D eigenvalue weighted by Crippen LogP contribution is 2.19. The zero-order valence-electron chi connectivity index (χ0n) is 9.14. The normalized spacial score (nSPS) is 10.1. The van der Waals surface area contributed by atoms with Gasteiger partial charge in [0.05, 0.1) is 11.4 Å². The molecule has 1 aromatic carbocycles. The molecule has 0 atom stereocenters. The Balaban J connectivity index is 2.42. The van der Waals surface area contributed by atoms with E-state index in [0.29, 0.717) is 0 Å². The number of unbranched alkanes of at least 4 members (excludes halogenated alkanes) is 2. The van der Waals surface area contributed by atoms with E-state index in [9.17, 15) is 0 Å². The van der Waals surface area contributed by atoms with Gasteiger partial charge in [0.25, 0.3) is 0 Å². The van der Waals surface area contributed by atoms with Gasteiger partial charge in [-0.05, 0) is 31.0 Å². The molecule has 0 saturated carbocycles. The van der Waals surface area contributed by atoms with E-state index in [2.05, 4.69) is 31.3 Å². The number of anilines is 2. The van der Waals surface area contributed by atoms with Crippen molar-refractivity contribution in [1.82, 2.24) is 0 Å². The first-order valence-electron chi connectivity index (χ1n) is 5.34. The first kappa shape index (κ1) is 10.9. The highest BCUT2D eigenvalue weighted by molar-refractivity contribution is 5.66. The maximum absolute atomic E-state index is 5.87. The topological polar surface area (TPSA) is 38.0 Å². The molecule has 2 heteroatoms. The van der Waals surface area contributed by atoms with E-state index in [1.807, 2.05) is 6.07 Å². The summed E-state index contributed by atoms with van der Waals surface area (Å²) in [5.74, 6) is 0. The molecule has 2 nitrogen and oxygen atoms in total. The van der Waals surface area contributed by atoms with E-state index in [1.54, 1.807) is 0 Å². The second-order valence-corrected chi connectivity index (χ2v) is 3.72. The van der Waals surface area contributed by atoms with Crippen molar-refractivity contribution in [2.24, 2.45) is 0 Å². The third-order valence-electron chi connectivity index (χ3n) is 2.30. The van der Waals surface area contributed by atoms with Crippen LogP contribution < -0.4 is 11.1 Å². The first-order valence-corrected chi connectivity index (χ1v) is 5.34. The Kier molecular flexibility index (Phi) is 4.30. The van der Waals surface area contributed by atoms with Crippen molar-refractivity contribution >= 4 is 11.4 Å². The largest absolute Gasteiger partial charge is 0.397 e. The summed E-state index contributed by atoms with van der Waals surface area (Å²) in [6, 6.07) is 6.14. The molecule has 3 N–H and O–H groups in total. The van der Waals surface area contributed by atoms with Gasteiger partial charge in [-0.15, -0.1) is 0 Å². The van der Waals surface area contributed by atoms with E-state index < -0.39 is 0 Å². The Morgan fingerprint density at radius 2 is 2.07 bits per heavy atom. The molecule has 0 amide bonds. The Morgan fingerprint density at radius 3 is 2.71 bits per heavy atom. The number of benzene rings is 1. The smallest absolute Gasteiger partial charge is 0.0574 e. The molecule has 0 radical (unpaired) electrons. The maximum atomic E-state index is 5.87. The summed E-state index contributed by atoms with van der Waals surface area (Å²) in [5, 5.41) is 3.35. The lowest BCUT2D eigenvalue weighted by molar-refractivity contribution is 0.744. The molecule has 0 saturated heterocycles. The number of rotatable bonds is 5. The number of hydrogen-bond acceptors (Lipinski definition) is 2. The number of nitrogens with two attached hydrogens (primary N) is 1. The number of nitrogens with one attached hydrogen (secondary N) is 1. The van der Waals surface area contributed by atoms with Gasteiger partial charge in [0, 0.05) is 6.54 Å². The van der Waals surface area contributed by atoms with Crippen LogP contribution >= 0.6 is 0 Å². The van der Waals surface area contributed by atoms with Crippen LogP contribution in [-0.2, 0) is 0 Å². The van der Waals surface area contributed by atoms with Crippen molar-refractivity contribution in [3.63, 3.8) is 0 Å². The minimum Gasteiger partial charge on any atom is -0.397 e. The Morgan fingerprint density at radius 1 is 1.29 bits per heavy atom. The molecule has 1 aromatic rings. The van der Waals surface area contributed by atoms with Crippen molar-refractivity contribution in [1.29, 1.82) is 0 Å². The molecule has 0 aliphatic heterocycles. The fraction of sp³-hybridized carbons (Fsp3) is 0.500. The predicted octanol–water partition coefficient (Wildman–Crippen LogP) is 3.18. The minimum absolute atomic E-state index is 0.849. The third-order valence-corrected chi connectivity index (χ3v) is 2.30. The van der Waals surface area contributed by atoms with Gasteiger partial charge < -0.3 is 11.1 Å². The van der Waals surface area contributed by atoms with Gasteiger partial charge in [0.1, 0.15) is 0 Å². The summed E-state index contributed by atoms with van der Waals surface area (Å²) < 4.78 is 0. The zero-order valence-corrected chi connectivity index (χ0v) is 9.14. The number of aryl methyl sites for hydroxylation is 1. The minimum atomic E-state index is 0.849. The van der Waals surface area contributed by atoms with Crippen LogP contribution in [0.1, 0.15) is 31.7 Å². The van der Waals surface area contributed by atoms with Gasteiger partial charge in [0.2, 0.25) is 0 Å². The molecule has 0 aliphatic rings. The number of hydrogen-bond donors (Lipinski definition) is 2. The molecule has 0 heterocycles. The van der Waals surface area contributed by atoms with Gasteiger partial charge in [-0.3, -0.25) is 0 Å². The standard InChI is InChI=1S/C12H20N2/c1-3-4-5-8-14-12-7-6-10(2)9-11(12)13/h6-7,9,14H,3-5,8,13H2,1-2H3. The molecular weight excluding hydrogens is 172 g/mol. The highest BCUT2D eigenvalue weighted by atomic mass is 14.9. The fourth-order valence-corrected chi connectivity index (χ4v) is 1.44. The van der Waals surface area contributed by atoms with Gasteiger partial charge in [-0.2, -0.15) is 0 Å². The van der Waals surface area contributed by atoms with E-state index in [1.165, 1.54) is 24.8 Å². The van der Waals surface area contributed by atoms with E-state index in [0.717, 1.165) is 17.9 Å². The summed E-state index contributed by atoms with van der Waals surface area (Å²) in [4.78, 5) is 0.